The van der Waals surface area contributed by atoms with Gasteiger partial charge in [0.15, 0.2) is 0 Å². The predicted molar refractivity (Wildman–Crippen MR) is 69.7 cm³/mol. The molecule has 0 aromatic carbocycles. The van der Waals surface area contributed by atoms with E-state index in [9.17, 15) is 0 Å². The lowest BCUT2D eigenvalue weighted by atomic mass is 10.0. The van der Waals surface area contributed by atoms with Crippen molar-refractivity contribution in [1.82, 2.24) is 0 Å². The van der Waals surface area contributed by atoms with E-state index in [-0.39, 0.29) is 0 Å². The van der Waals surface area contributed by atoms with Crippen LogP contribution >= 0.6 is 27.3 Å². The van der Waals surface area contributed by atoms with Gasteiger partial charge in [0.25, 0.3) is 0 Å². The fraction of sp³-hybridized carbons (Fsp3) is 0.692. The Kier molecular flexibility index (Phi) is 2.90. The zero-order valence-corrected chi connectivity index (χ0v) is 11.3. The first-order valence-corrected chi connectivity index (χ1v) is 7.82. The van der Waals surface area contributed by atoms with Crippen LogP contribution in [0.1, 0.15) is 30.6 Å². The Bertz CT molecular complexity index is 307. The molecule has 2 fully saturated rings. The van der Waals surface area contributed by atoms with Gasteiger partial charge in [0, 0.05) is 9.70 Å². The van der Waals surface area contributed by atoms with Gasteiger partial charge in [-0.1, -0.05) is 34.8 Å². The van der Waals surface area contributed by atoms with Crippen molar-refractivity contribution in [3.63, 3.8) is 0 Å². The van der Waals surface area contributed by atoms with Crippen LogP contribution in [0.5, 0.6) is 0 Å². The minimum absolute atomic E-state index is 0.740. The van der Waals surface area contributed by atoms with Crippen LogP contribution in [0.2, 0.25) is 0 Å². The Hall–Kier alpha value is 0.180. The highest BCUT2D eigenvalue weighted by Crippen LogP contribution is 2.58. The van der Waals surface area contributed by atoms with Gasteiger partial charge in [0.1, 0.15) is 0 Å². The monoisotopic (exact) mass is 284 g/mol. The summed E-state index contributed by atoms with van der Waals surface area (Å²) in [6.07, 6.45) is 7.21. The number of halogens is 1. The first kappa shape index (κ1) is 10.3. The maximum atomic E-state index is 3.92. The smallest absolute Gasteiger partial charge is 0.0227 e. The van der Waals surface area contributed by atoms with E-state index in [1.807, 2.05) is 11.3 Å². The topological polar surface area (TPSA) is 0 Å². The maximum absolute atomic E-state index is 3.92. The molecule has 0 aliphatic heterocycles. The summed E-state index contributed by atoms with van der Waals surface area (Å²) in [5, 5.41) is 2.19. The highest BCUT2D eigenvalue weighted by Gasteiger charge is 2.53. The van der Waals surface area contributed by atoms with E-state index in [1.165, 1.54) is 32.1 Å². The van der Waals surface area contributed by atoms with E-state index in [0.717, 1.165) is 22.6 Å². The molecule has 82 valence electrons. The Morgan fingerprint density at radius 3 is 2.67 bits per heavy atom. The van der Waals surface area contributed by atoms with E-state index in [4.69, 9.17) is 0 Å². The van der Waals surface area contributed by atoms with Crippen molar-refractivity contribution in [1.29, 1.82) is 0 Å². The summed E-state index contributed by atoms with van der Waals surface area (Å²) in [6.45, 7) is 0. The third-order valence-electron chi connectivity index (χ3n) is 4.12. The normalized spacial score (nSPS) is 35.9. The summed E-state index contributed by atoms with van der Waals surface area (Å²) in [5.74, 6) is 3.14. The van der Waals surface area contributed by atoms with E-state index in [1.54, 1.807) is 4.88 Å². The lowest BCUT2D eigenvalue weighted by molar-refractivity contribution is 0.480. The van der Waals surface area contributed by atoms with Crippen molar-refractivity contribution in [2.24, 2.45) is 17.8 Å². The summed E-state index contributed by atoms with van der Waals surface area (Å²) in [6, 6.07) is 4.44. The first-order valence-electron chi connectivity index (χ1n) is 6.03. The zero-order chi connectivity index (χ0) is 10.3. The minimum atomic E-state index is 0.740. The van der Waals surface area contributed by atoms with Crippen molar-refractivity contribution in [3.8, 4) is 0 Å². The highest BCUT2D eigenvalue weighted by molar-refractivity contribution is 9.09. The van der Waals surface area contributed by atoms with E-state index in [0.29, 0.717) is 0 Å². The van der Waals surface area contributed by atoms with Gasteiger partial charge in [-0.3, -0.25) is 0 Å². The van der Waals surface area contributed by atoms with Crippen LogP contribution in [0, 0.1) is 17.8 Å². The number of fused-ring (bicyclic) bond motifs is 1. The van der Waals surface area contributed by atoms with E-state index >= 15 is 0 Å². The summed E-state index contributed by atoms with van der Waals surface area (Å²) >= 11 is 5.82. The zero-order valence-electron chi connectivity index (χ0n) is 8.86. The number of hydrogen-bond donors (Lipinski definition) is 0. The Morgan fingerprint density at radius 1 is 1.33 bits per heavy atom. The molecule has 2 saturated carbocycles. The fourth-order valence-electron chi connectivity index (χ4n) is 3.34. The van der Waals surface area contributed by atoms with Crippen molar-refractivity contribution in [3.05, 3.63) is 22.4 Å². The molecule has 0 bridgehead atoms. The Balaban J connectivity index is 1.59. The third kappa shape index (κ3) is 2.03. The quantitative estimate of drug-likeness (QED) is 0.718. The molecule has 2 aliphatic rings. The van der Waals surface area contributed by atoms with Crippen LogP contribution in [0.3, 0.4) is 0 Å². The Labute approximate surface area is 104 Å². The van der Waals surface area contributed by atoms with Gasteiger partial charge in [-0.15, -0.1) is 11.3 Å². The number of thiophene rings is 1. The highest BCUT2D eigenvalue weighted by atomic mass is 79.9. The molecule has 15 heavy (non-hydrogen) atoms. The summed E-state index contributed by atoms with van der Waals surface area (Å²) in [5.41, 5.74) is 0. The van der Waals surface area contributed by atoms with E-state index in [2.05, 4.69) is 33.4 Å². The molecule has 3 unspecified atom stereocenters. The average molecular weight is 285 g/mol. The van der Waals surface area contributed by atoms with Gasteiger partial charge in [0.2, 0.25) is 0 Å². The van der Waals surface area contributed by atoms with Gasteiger partial charge < -0.3 is 0 Å². The van der Waals surface area contributed by atoms with Crippen LogP contribution in [-0.2, 0) is 6.42 Å². The second-order valence-electron chi connectivity index (χ2n) is 4.99. The predicted octanol–water partition coefficient (Wildman–Crippen LogP) is 4.49. The molecule has 0 saturated heterocycles. The molecule has 3 atom stereocenters. The lowest BCUT2D eigenvalue weighted by Gasteiger charge is -2.07. The second kappa shape index (κ2) is 4.21. The molecule has 1 heterocycles. The van der Waals surface area contributed by atoms with Crippen LogP contribution in [0.4, 0.5) is 0 Å². The molecular weight excluding hydrogens is 268 g/mol. The van der Waals surface area contributed by atoms with Gasteiger partial charge in [-0.25, -0.2) is 0 Å². The molecule has 0 amide bonds. The molecule has 0 spiro atoms. The fourth-order valence-corrected chi connectivity index (χ4v) is 5.45. The second-order valence-corrected chi connectivity index (χ2v) is 7.20. The molecule has 2 heteroatoms. The SMILES string of the molecule is BrC(Cc1cccs1)C1C2CCCCC21. The van der Waals surface area contributed by atoms with Crippen LogP contribution < -0.4 is 0 Å². The van der Waals surface area contributed by atoms with Gasteiger partial charge >= 0.3 is 0 Å². The van der Waals surface area contributed by atoms with Crippen molar-refractivity contribution in [2.75, 3.05) is 0 Å². The summed E-state index contributed by atoms with van der Waals surface area (Å²) in [7, 11) is 0. The number of rotatable bonds is 3. The van der Waals surface area contributed by atoms with Crippen molar-refractivity contribution in [2.45, 2.75) is 36.9 Å². The van der Waals surface area contributed by atoms with Crippen LogP contribution in [0.25, 0.3) is 0 Å². The number of hydrogen-bond acceptors (Lipinski definition) is 1. The first-order chi connectivity index (χ1) is 7.36. The molecule has 1 aromatic heterocycles. The van der Waals surface area contributed by atoms with E-state index < -0.39 is 0 Å². The summed E-state index contributed by atoms with van der Waals surface area (Å²) in [4.78, 5) is 2.28. The molecule has 1 aromatic rings. The molecule has 0 nitrogen and oxygen atoms in total. The Morgan fingerprint density at radius 2 is 2.07 bits per heavy atom. The van der Waals surface area contributed by atoms with Crippen LogP contribution in [-0.4, -0.2) is 4.83 Å². The molecule has 3 rings (SSSR count). The van der Waals surface area contributed by atoms with Crippen molar-refractivity contribution >= 4 is 27.3 Å². The van der Waals surface area contributed by atoms with Crippen molar-refractivity contribution < 1.29 is 0 Å². The van der Waals surface area contributed by atoms with Crippen LogP contribution in [0.15, 0.2) is 17.5 Å². The standard InChI is InChI=1S/C13H17BrS/c14-12(8-9-4-3-7-15-9)13-10-5-1-2-6-11(10)13/h3-4,7,10-13H,1-2,5-6,8H2. The van der Waals surface area contributed by atoms with Gasteiger partial charge in [-0.2, -0.15) is 0 Å². The molecule has 0 N–H and O–H groups in total. The number of alkyl halides is 1. The maximum Gasteiger partial charge on any atom is 0.0227 e. The molecule has 0 radical (unpaired) electrons. The molecular formula is C13H17BrS. The molecule has 2 aliphatic carbocycles. The van der Waals surface area contributed by atoms with Gasteiger partial charge in [-0.05, 0) is 48.5 Å². The minimum Gasteiger partial charge on any atom is -0.149 e. The average Bonchev–Trinajstić information content (AvgIpc) is 2.77. The lowest BCUT2D eigenvalue weighted by Crippen LogP contribution is -2.06. The third-order valence-corrected chi connectivity index (χ3v) is 5.95. The van der Waals surface area contributed by atoms with Gasteiger partial charge in [0.05, 0.1) is 0 Å². The largest absolute Gasteiger partial charge is 0.149 e. The summed E-state index contributed by atoms with van der Waals surface area (Å²) < 4.78 is 0.